The summed E-state index contributed by atoms with van der Waals surface area (Å²) in [7, 11) is 0. The molecule has 104 valence electrons. The second kappa shape index (κ2) is 4.48. The van der Waals surface area contributed by atoms with Gasteiger partial charge in [-0.2, -0.15) is 0 Å². The number of hydrogen-bond acceptors (Lipinski definition) is 0. The zero-order valence-corrected chi connectivity index (χ0v) is 13.0. The van der Waals surface area contributed by atoms with Crippen molar-refractivity contribution in [3.05, 3.63) is 59.7 Å². The smallest absolute Gasteiger partial charge is 0.00941 e. The molecular formula is C20H24. The van der Waals surface area contributed by atoms with Crippen LogP contribution in [0.25, 0.3) is 11.1 Å². The number of hydrogen-bond donors (Lipinski definition) is 0. The van der Waals surface area contributed by atoms with Crippen molar-refractivity contribution in [1.82, 2.24) is 0 Å². The van der Waals surface area contributed by atoms with E-state index in [1.807, 2.05) is 0 Å². The maximum Gasteiger partial charge on any atom is -0.00941 e. The van der Waals surface area contributed by atoms with E-state index in [2.05, 4.69) is 76.2 Å². The molecule has 2 aromatic carbocycles. The monoisotopic (exact) mass is 264 g/mol. The van der Waals surface area contributed by atoms with Crippen LogP contribution in [-0.2, 0) is 10.8 Å². The average Bonchev–Trinajstić information content (AvgIpc) is 2.44. The topological polar surface area (TPSA) is 0 Å². The van der Waals surface area contributed by atoms with Gasteiger partial charge in [0, 0.05) is 0 Å². The van der Waals surface area contributed by atoms with Crippen molar-refractivity contribution in [2.24, 2.45) is 0 Å². The molecule has 0 radical (unpaired) electrons. The molecule has 0 nitrogen and oxygen atoms in total. The minimum absolute atomic E-state index is 0.261. The third-order valence-electron chi connectivity index (χ3n) is 4.93. The molecule has 3 rings (SSSR count). The summed E-state index contributed by atoms with van der Waals surface area (Å²) in [5.74, 6) is 0. The first-order chi connectivity index (χ1) is 9.42. The molecule has 0 aromatic heterocycles. The molecule has 0 saturated heterocycles. The van der Waals surface area contributed by atoms with Crippen molar-refractivity contribution in [3.63, 3.8) is 0 Å². The summed E-state index contributed by atoms with van der Waals surface area (Å²) in [6.45, 7) is 9.56. The lowest BCUT2D eigenvalue weighted by Gasteiger charge is -2.43. The van der Waals surface area contributed by atoms with Gasteiger partial charge in [-0.05, 0) is 45.9 Å². The summed E-state index contributed by atoms with van der Waals surface area (Å²) in [5.41, 5.74) is 6.40. The van der Waals surface area contributed by atoms with Crippen molar-refractivity contribution in [2.45, 2.75) is 51.4 Å². The lowest BCUT2D eigenvalue weighted by atomic mass is 9.61. The van der Waals surface area contributed by atoms with Crippen LogP contribution in [0, 0.1) is 0 Å². The quantitative estimate of drug-likeness (QED) is 0.619. The molecule has 0 aliphatic heterocycles. The van der Waals surface area contributed by atoms with Gasteiger partial charge in [-0.3, -0.25) is 0 Å². The Kier molecular flexibility index (Phi) is 3.01. The lowest BCUT2D eigenvalue weighted by molar-refractivity contribution is 0.333. The largest absolute Gasteiger partial charge is 0.0622 e. The third kappa shape index (κ3) is 2.08. The van der Waals surface area contributed by atoms with Crippen LogP contribution in [0.2, 0.25) is 0 Å². The van der Waals surface area contributed by atoms with Crippen LogP contribution >= 0.6 is 0 Å². The fourth-order valence-electron chi connectivity index (χ4n) is 3.59. The summed E-state index contributed by atoms with van der Waals surface area (Å²) < 4.78 is 0. The van der Waals surface area contributed by atoms with Crippen molar-refractivity contribution in [2.75, 3.05) is 0 Å². The second-order valence-electron chi connectivity index (χ2n) is 7.36. The van der Waals surface area contributed by atoms with E-state index in [-0.39, 0.29) is 10.8 Å². The molecule has 0 N–H and O–H groups in total. The van der Waals surface area contributed by atoms with Crippen LogP contribution in [0.5, 0.6) is 0 Å². The molecule has 0 fully saturated rings. The first-order valence-corrected chi connectivity index (χ1v) is 7.61. The third-order valence-corrected chi connectivity index (χ3v) is 4.93. The number of rotatable bonds is 1. The molecule has 1 aliphatic carbocycles. The van der Waals surface area contributed by atoms with Gasteiger partial charge in [0.25, 0.3) is 0 Å². The van der Waals surface area contributed by atoms with E-state index >= 15 is 0 Å². The van der Waals surface area contributed by atoms with E-state index in [4.69, 9.17) is 0 Å². The van der Waals surface area contributed by atoms with Crippen LogP contribution in [-0.4, -0.2) is 0 Å². The molecule has 20 heavy (non-hydrogen) atoms. The van der Waals surface area contributed by atoms with E-state index < -0.39 is 0 Å². The van der Waals surface area contributed by atoms with Gasteiger partial charge in [0.15, 0.2) is 0 Å². The molecule has 0 bridgehead atoms. The SMILES string of the molecule is CC1(C)CCC(C)(C)c2c(-c3ccccc3)cccc21. The van der Waals surface area contributed by atoms with Crippen LogP contribution < -0.4 is 0 Å². The van der Waals surface area contributed by atoms with Crippen LogP contribution in [0.15, 0.2) is 48.5 Å². The summed E-state index contributed by atoms with van der Waals surface area (Å²) in [4.78, 5) is 0. The molecular weight excluding hydrogens is 240 g/mol. The molecule has 0 spiro atoms. The maximum atomic E-state index is 2.40. The Morgan fingerprint density at radius 3 is 2.05 bits per heavy atom. The van der Waals surface area contributed by atoms with Crippen molar-refractivity contribution < 1.29 is 0 Å². The first-order valence-electron chi connectivity index (χ1n) is 7.61. The van der Waals surface area contributed by atoms with Crippen LogP contribution in [0.4, 0.5) is 0 Å². The van der Waals surface area contributed by atoms with Gasteiger partial charge >= 0.3 is 0 Å². The summed E-state index contributed by atoms with van der Waals surface area (Å²) in [6.07, 6.45) is 2.53. The Morgan fingerprint density at radius 2 is 1.35 bits per heavy atom. The highest BCUT2D eigenvalue weighted by atomic mass is 14.4. The zero-order valence-electron chi connectivity index (χ0n) is 13.0. The summed E-state index contributed by atoms with van der Waals surface area (Å²) in [6, 6.07) is 17.7. The average molecular weight is 264 g/mol. The Hall–Kier alpha value is -1.56. The van der Waals surface area contributed by atoms with Gasteiger partial charge in [-0.25, -0.2) is 0 Å². The fraction of sp³-hybridized carbons (Fsp3) is 0.400. The fourth-order valence-corrected chi connectivity index (χ4v) is 3.59. The molecule has 0 heteroatoms. The maximum absolute atomic E-state index is 2.40. The first kappa shape index (κ1) is 13.4. The predicted molar refractivity (Wildman–Crippen MR) is 87.2 cm³/mol. The highest BCUT2D eigenvalue weighted by molar-refractivity contribution is 5.71. The molecule has 0 saturated carbocycles. The normalized spacial score (nSPS) is 19.4. The van der Waals surface area contributed by atoms with E-state index in [1.54, 1.807) is 5.56 Å². The minimum atomic E-state index is 0.261. The molecule has 0 unspecified atom stereocenters. The Balaban J connectivity index is 2.29. The number of benzene rings is 2. The second-order valence-corrected chi connectivity index (χ2v) is 7.36. The highest BCUT2D eigenvalue weighted by Crippen LogP contribution is 2.49. The molecule has 0 amide bonds. The highest BCUT2D eigenvalue weighted by Gasteiger charge is 2.38. The van der Waals surface area contributed by atoms with Gasteiger partial charge < -0.3 is 0 Å². The van der Waals surface area contributed by atoms with E-state index in [1.165, 1.54) is 29.5 Å². The van der Waals surface area contributed by atoms with E-state index in [9.17, 15) is 0 Å². The molecule has 0 atom stereocenters. The minimum Gasteiger partial charge on any atom is -0.0622 e. The van der Waals surface area contributed by atoms with E-state index in [0.717, 1.165) is 0 Å². The molecule has 2 aromatic rings. The predicted octanol–water partition coefficient (Wildman–Crippen LogP) is 5.70. The lowest BCUT2D eigenvalue weighted by Crippen LogP contribution is -2.34. The van der Waals surface area contributed by atoms with Gasteiger partial charge in [-0.1, -0.05) is 76.2 Å². The van der Waals surface area contributed by atoms with Gasteiger partial charge in [0.1, 0.15) is 0 Å². The Labute approximate surface area is 122 Å². The molecule has 0 heterocycles. The summed E-state index contributed by atoms with van der Waals surface area (Å²) in [5, 5.41) is 0. The van der Waals surface area contributed by atoms with Gasteiger partial charge in [0.05, 0.1) is 0 Å². The Morgan fingerprint density at radius 1 is 0.700 bits per heavy atom. The summed E-state index contributed by atoms with van der Waals surface area (Å²) >= 11 is 0. The van der Waals surface area contributed by atoms with Crippen molar-refractivity contribution in [3.8, 4) is 11.1 Å². The molecule has 1 aliphatic rings. The zero-order chi connectivity index (χ0) is 14.4. The van der Waals surface area contributed by atoms with Gasteiger partial charge in [-0.15, -0.1) is 0 Å². The van der Waals surface area contributed by atoms with E-state index in [0.29, 0.717) is 0 Å². The van der Waals surface area contributed by atoms with Gasteiger partial charge in [0.2, 0.25) is 0 Å². The van der Waals surface area contributed by atoms with Crippen molar-refractivity contribution >= 4 is 0 Å². The number of fused-ring (bicyclic) bond motifs is 1. The van der Waals surface area contributed by atoms with Crippen LogP contribution in [0.3, 0.4) is 0 Å². The Bertz CT molecular complexity index is 618. The van der Waals surface area contributed by atoms with Crippen LogP contribution in [0.1, 0.15) is 51.7 Å². The van der Waals surface area contributed by atoms with Crippen molar-refractivity contribution in [1.29, 1.82) is 0 Å². The standard InChI is InChI=1S/C20H24/c1-19(2)13-14-20(3,4)18-16(11-8-12-17(18)19)15-9-6-5-7-10-15/h5-12H,13-14H2,1-4H3.